The smallest absolute Gasteiger partial charge is 0.277 e. The van der Waals surface area contributed by atoms with E-state index in [-0.39, 0.29) is 5.91 Å². The van der Waals surface area contributed by atoms with Crippen molar-refractivity contribution in [3.63, 3.8) is 0 Å². The van der Waals surface area contributed by atoms with Crippen molar-refractivity contribution in [3.8, 4) is 11.5 Å². The van der Waals surface area contributed by atoms with Crippen LogP contribution in [0.2, 0.25) is 0 Å². The van der Waals surface area contributed by atoms with Crippen molar-refractivity contribution in [3.05, 3.63) is 46.3 Å². The lowest BCUT2D eigenvalue weighted by atomic mass is 10.1. The molecule has 1 aliphatic rings. The molecule has 1 atom stereocenters. The molecule has 0 unspecified atom stereocenters. The Morgan fingerprint density at radius 1 is 1.25 bits per heavy atom. The summed E-state index contributed by atoms with van der Waals surface area (Å²) in [6.45, 7) is 1.75. The second kappa shape index (κ2) is 7.76. The molecule has 1 aliphatic carbocycles. The lowest BCUT2D eigenvalue weighted by Gasteiger charge is -2.10. The van der Waals surface area contributed by atoms with Gasteiger partial charge in [-0.1, -0.05) is 30.0 Å². The fourth-order valence-electron chi connectivity index (χ4n) is 3.13. The van der Waals surface area contributed by atoms with Gasteiger partial charge in [0.2, 0.25) is 11.8 Å². The van der Waals surface area contributed by atoms with Crippen LogP contribution in [0.5, 0.6) is 0 Å². The van der Waals surface area contributed by atoms with Crippen molar-refractivity contribution in [1.82, 2.24) is 10.2 Å². The second-order valence-electron chi connectivity index (χ2n) is 6.41. The Bertz CT molecular complexity index is 1030. The molecule has 0 saturated heterocycles. The van der Waals surface area contributed by atoms with Crippen LogP contribution in [0, 0.1) is 0 Å². The zero-order chi connectivity index (χ0) is 19.7. The zero-order valence-electron chi connectivity index (χ0n) is 15.1. The number of thiophene rings is 1. The van der Waals surface area contributed by atoms with Crippen LogP contribution in [0.1, 0.15) is 34.1 Å². The maximum Gasteiger partial charge on any atom is 0.277 e. The minimum absolute atomic E-state index is 0.244. The van der Waals surface area contributed by atoms with E-state index >= 15 is 0 Å². The summed E-state index contributed by atoms with van der Waals surface area (Å²) in [5, 5.41) is 11.2. The van der Waals surface area contributed by atoms with Crippen LogP contribution >= 0.6 is 23.1 Å². The van der Waals surface area contributed by atoms with E-state index in [1.54, 1.807) is 6.92 Å². The molecule has 0 bridgehead atoms. The number of carbonyl (C=O) groups excluding carboxylic acids is 2. The van der Waals surface area contributed by atoms with Gasteiger partial charge in [-0.05, 0) is 43.9 Å². The van der Waals surface area contributed by atoms with Gasteiger partial charge in [-0.25, -0.2) is 0 Å². The number of primary amides is 1. The molecule has 4 rings (SSSR count). The maximum absolute atomic E-state index is 12.6. The molecule has 2 amide bonds. The first-order valence-electron chi connectivity index (χ1n) is 8.83. The predicted molar refractivity (Wildman–Crippen MR) is 109 cm³/mol. The maximum atomic E-state index is 12.6. The van der Waals surface area contributed by atoms with Crippen molar-refractivity contribution >= 4 is 39.9 Å². The van der Waals surface area contributed by atoms with Crippen molar-refractivity contribution in [2.24, 2.45) is 5.73 Å². The first kappa shape index (κ1) is 18.7. The monoisotopic (exact) mass is 414 g/mol. The molecular formula is C19H18N4O3S2. The topological polar surface area (TPSA) is 111 Å². The number of amides is 2. The highest BCUT2D eigenvalue weighted by atomic mass is 32.2. The van der Waals surface area contributed by atoms with Crippen LogP contribution in [0.25, 0.3) is 11.5 Å². The highest BCUT2D eigenvalue weighted by Crippen LogP contribution is 2.39. The molecule has 0 saturated carbocycles. The van der Waals surface area contributed by atoms with Gasteiger partial charge in [0.1, 0.15) is 5.00 Å². The molecule has 3 N–H and O–H groups in total. The number of nitrogens with two attached hydrogens (primary N) is 1. The molecule has 0 fully saturated rings. The first-order chi connectivity index (χ1) is 13.5. The summed E-state index contributed by atoms with van der Waals surface area (Å²) in [5.74, 6) is -0.340. The van der Waals surface area contributed by atoms with Crippen molar-refractivity contribution in [2.45, 2.75) is 36.7 Å². The number of anilines is 1. The van der Waals surface area contributed by atoms with Crippen molar-refractivity contribution < 1.29 is 14.0 Å². The summed E-state index contributed by atoms with van der Waals surface area (Å²) in [6.07, 6.45) is 2.77. The van der Waals surface area contributed by atoms with Crippen molar-refractivity contribution in [2.75, 3.05) is 5.32 Å². The number of carbonyl (C=O) groups is 2. The zero-order valence-corrected chi connectivity index (χ0v) is 16.7. The Morgan fingerprint density at radius 2 is 2.04 bits per heavy atom. The van der Waals surface area contributed by atoms with Gasteiger partial charge in [-0.2, -0.15) is 0 Å². The van der Waals surface area contributed by atoms with E-state index in [2.05, 4.69) is 15.5 Å². The Kier molecular flexibility index (Phi) is 5.19. The van der Waals surface area contributed by atoms with E-state index in [0.29, 0.717) is 21.7 Å². The Labute approximate surface area is 169 Å². The normalized spacial score (nSPS) is 13.9. The number of benzene rings is 1. The number of nitrogens with one attached hydrogen (secondary N) is 1. The number of hydrogen-bond acceptors (Lipinski definition) is 7. The Balaban J connectivity index is 1.45. The summed E-state index contributed by atoms with van der Waals surface area (Å²) in [5.41, 5.74) is 7.80. The lowest BCUT2D eigenvalue weighted by Crippen LogP contribution is -2.24. The van der Waals surface area contributed by atoms with Crippen LogP contribution in [0.4, 0.5) is 5.00 Å². The Hall–Kier alpha value is -2.65. The number of rotatable bonds is 6. The SMILES string of the molecule is C[C@@H](Sc1nnc(-c2ccccc2)o1)C(=O)Nc1sc2c(c1C(N)=O)CCC2. The summed E-state index contributed by atoms with van der Waals surface area (Å²) in [7, 11) is 0. The van der Waals surface area contributed by atoms with Crippen LogP contribution in [0.15, 0.2) is 40.0 Å². The molecule has 9 heteroatoms. The highest BCUT2D eigenvalue weighted by Gasteiger charge is 2.27. The standard InChI is InChI=1S/C19H18N4O3S2/c1-10(27-19-23-22-17(26-19)11-6-3-2-4-7-11)16(25)21-18-14(15(20)24)12-8-5-9-13(12)28-18/h2-4,6-7,10H,5,8-9H2,1H3,(H2,20,24)(H,21,25)/t10-/m1/s1. The van der Waals surface area contributed by atoms with Crippen LogP contribution in [-0.4, -0.2) is 27.3 Å². The number of aromatic nitrogens is 2. The van der Waals surface area contributed by atoms with Gasteiger partial charge >= 0.3 is 0 Å². The molecule has 28 heavy (non-hydrogen) atoms. The van der Waals surface area contributed by atoms with E-state index in [9.17, 15) is 9.59 Å². The van der Waals surface area contributed by atoms with E-state index in [1.807, 2.05) is 30.3 Å². The average molecular weight is 415 g/mol. The molecule has 144 valence electrons. The molecule has 2 aromatic heterocycles. The van der Waals surface area contributed by atoms with Gasteiger partial charge < -0.3 is 15.5 Å². The fourth-order valence-corrected chi connectivity index (χ4v) is 5.11. The largest absolute Gasteiger partial charge is 0.411 e. The van der Waals surface area contributed by atoms with Gasteiger partial charge in [0, 0.05) is 10.4 Å². The molecule has 1 aromatic carbocycles. The Morgan fingerprint density at radius 3 is 2.79 bits per heavy atom. The third-order valence-electron chi connectivity index (χ3n) is 4.48. The molecule has 0 spiro atoms. The van der Waals surface area contributed by atoms with E-state index in [4.69, 9.17) is 10.2 Å². The summed E-state index contributed by atoms with van der Waals surface area (Å²) in [4.78, 5) is 25.6. The summed E-state index contributed by atoms with van der Waals surface area (Å²) >= 11 is 2.60. The number of nitrogens with zero attached hydrogens (tertiary/aromatic N) is 2. The predicted octanol–water partition coefficient (Wildman–Crippen LogP) is 3.51. The second-order valence-corrected chi connectivity index (χ2v) is 8.81. The van der Waals surface area contributed by atoms with Gasteiger partial charge in [-0.15, -0.1) is 21.5 Å². The average Bonchev–Trinajstić information content (AvgIpc) is 3.38. The molecule has 7 nitrogen and oxygen atoms in total. The summed E-state index contributed by atoms with van der Waals surface area (Å²) in [6, 6.07) is 9.43. The van der Waals surface area contributed by atoms with Gasteiger partial charge in [-0.3, -0.25) is 9.59 Å². The van der Waals surface area contributed by atoms with E-state index < -0.39 is 11.2 Å². The fraction of sp³-hybridized carbons (Fsp3) is 0.263. The van der Waals surface area contributed by atoms with Crippen LogP contribution in [0.3, 0.4) is 0 Å². The van der Waals surface area contributed by atoms with E-state index in [0.717, 1.165) is 35.3 Å². The molecular weight excluding hydrogens is 396 g/mol. The number of hydrogen-bond donors (Lipinski definition) is 2. The molecule has 3 aromatic rings. The summed E-state index contributed by atoms with van der Waals surface area (Å²) < 4.78 is 5.64. The molecule has 0 aliphatic heterocycles. The molecule has 2 heterocycles. The lowest BCUT2D eigenvalue weighted by molar-refractivity contribution is -0.115. The number of thioether (sulfide) groups is 1. The number of fused-ring (bicyclic) bond motifs is 1. The van der Waals surface area contributed by atoms with Crippen LogP contribution < -0.4 is 11.1 Å². The van der Waals surface area contributed by atoms with Crippen LogP contribution in [-0.2, 0) is 17.6 Å². The third kappa shape index (κ3) is 3.67. The minimum Gasteiger partial charge on any atom is -0.411 e. The quantitative estimate of drug-likeness (QED) is 0.597. The van der Waals surface area contributed by atoms with Gasteiger partial charge in [0.15, 0.2) is 0 Å². The first-order valence-corrected chi connectivity index (χ1v) is 10.5. The van der Waals surface area contributed by atoms with E-state index in [1.165, 1.54) is 23.1 Å². The van der Waals surface area contributed by atoms with Gasteiger partial charge in [0.25, 0.3) is 11.1 Å². The van der Waals surface area contributed by atoms with Gasteiger partial charge in [0.05, 0.1) is 10.8 Å². The number of aryl methyl sites for hydroxylation is 1. The third-order valence-corrected chi connectivity index (χ3v) is 6.62. The highest BCUT2D eigenvalue weighted by molar-refractivity contribution is 8.00. The van der Waals surface area contributed by atoms with Crippen molar-refractivity contribution in [1.29, 1.82) is 0 Å². The molecule has 0 radical (unpaired) electrons. The minimum atomic E-state index is -0.501.